The first-order chi connectivity index (χ1) is 8.99. The van der Waals surface area contributed by atoms with Gasteiger partial charge in [0, 0.05) is 12.4 Å². The Morgan fingerprint density at radius 1 is 1.53 bits per heavy atom. The number of para-hydroxylation sites is 1. The number of nitrogen functional groups attached to an aromatic ring is 1. The quantitative estimate of drug-likeness (QED) is 0.886. The average Bonchev–Trinajstić information content (AvgIpc) is 2.77. The van der Waals surface area contributed by atoms with Crippen LogP contribution in [-0.2, 0) is 6.54 Å². The fraction of sp³-hybridized carbons (Fsp3) is 0.231. The van der Waals surface area contributed by atoms with E-state index in [1.54, 1.807) is 41.5 Å². The third-order valence-corrected chi connectivity index (χ3v) is 3.85. The zero-order valence-corrected chi connectivity index (χ0v) is 12.3. The minimum absolute atomic E-state index is 0.161. The number of benzene rings is 1. The van der Waals surface area contributed by atoms with Crippen LogP contribution in [0.5, 0.6) is 0 Å². The van der Waals surface area contributed by atoms with Gasteiger partial charge in [-0.1, -0.05) is 17.7 Å². The van der Waals surface area contributed by atoms with Crippen molar-refractivity contribution in [2.45, 2.75) is 13.5 Å². The first-order valence-electron chi connectivity index (χ1n) is 5.69. The van der Waals surface area contributed by atoms with Crippen molar-refractivity contribution in [2.24, 2.45) is 0 Å². The van der Waals surface area contributed by atoms with Crippen LogP contribution in [0.15, 0.2) is 23.6 Å². The fourth-order valence-corrected chi connectivity index (χ4v) is 2.50. The average molecular weight is 296 g/mol. The van der Waals surface area contributed by atoms with Gasteiger partial charge in [-0.2, -0.15) is 0 Å². The van der Waals surface area contributed by atoms with E-state index in [4.69, 9.17) is 17.3 Å². The van der Waals surface area contributed by atoms with Gasteiger partial charge in [-0.15, -0.1) is 11.3 Å². The Bertz CT molecular complexity index is 612. The van der Waals surface area contributed by atoms with Crippen LogP contribution < -0.4 is 5.73 Å². The number of hydrogen-bond acceptors (Lipinski definition) is 4. The molecule has 1 aromatic heterocycles. The van der Waals surface area contributed by atoms with Crippen molar-refractivity contribution in [2.75, 3.05) is 12.8 Å². The van der Waals surface area contributed by atoms with Crippen molar-refractivity contribution < 1.29 is 4.79 Å². The number of amides is 1. The summed E-state index contributed by atoms with van der Waals surface area (Å²) in [5.74, 6) is -0.161. The molecule has 0 fully saturated rings. The Morgan fingerprint density at radius 3 is 2.89 bits per heavy atom. The molecule has 0 unspecified atom stereocenters. The molecular weight excluding hydrogens is 282 g/mol. The van der Waals surface area contributed by atoms with Crippen molar-refractivity contribution >= 4 is 34.5 Å². The van der Waals surface area contributed by atoms with Crippen LogP contribution in [-0.4, -0.2) is 22.8 Å². The van der Waals surface area contributed by atoms with Gasteiger partial charge < -0.3 is 10.6 Å². The Morgan fingerprint density at radius 2 is 2.26 bits per heavy atom. The summed E-state index contributed by atoms with van der Waals surface area (Å²) in [6, 6.07) is 5.05. The Balaban J connectivity index is 2.17. The molecule has 0 radical (unpaired) electrons. The smallest absolute Gasteiger partial charge is 0.256 e. The second kappa shape index (κ2) is 5.59. The second-order valence-corrected chi connectivity index (χ2v) is 5.69. The third kappa shape index (κ3) is 3.05. The van der Waals surface area contributed by atoms with Crippen LogP contribution in [0, 0.1) is 6.92 Å². The second-order valence-electron chi connectivity index (χ2n) is 4.22. The van der Waals surface area contributed by atoms with Crippen molar-refractivity contribution in [3.05, 3.63) is 44.9 Å². The maximum absolute atomic E-state index is 12.3. The van der Waals surface area contributed by atoms with Crippen LogP contribution in [0.4, 0.5) is 5.69 Å². The summed E-state index contributed by atoms with van der Waals surface area (Å²) in [5, 5.41) is 3.32. The zero-order chi connectivity index (χ0) is 14.0. The number of thiazole rings is 1. The lowest BCUT2D eigenvalue weighted by atomic mass is 10.1. The third-order valence-electron chi connectivity index (χ3n) is 2.70. The molecule has 0 saturated carbocycles. The normalized spacial score (nSPS) is 10.5. The molecule has 1 amide bonds. The molecule has 100 valence electrons. The van der Waals surface area contributed by atoms with E-state index in [0.29, 0.717) is 22.8 Å². The lowest BCUT2D eigenvalue weighted by Gasteiger charge is -2.17. The molecule has 0 spiro atoms. The van der Waals surface area contributed by atoms with E-state index >= 15 is 0 Å². The lowest BCUT2D eigenvalue weighted by Crippen LogP contribution is -2.27. The maximum atomic E-state index is 12.3. The molecule has 2 aromatic rings. The molecular formula is C13H14ClN3OS. The van der Waals surface area contributed by atoms with Gasteiger partial charge in [0.25, 0.3) is 5.91 Å². The summed E-state index contributed by atoms with van der Waals surface area (Å²) in [4.78, 5) is 18.2. The number of carbonyl (C=O) groups is 1. The van der Waals surface area contributed by atoms with Gasteiger partial charge >= 0.3 is 0 Å². The molecule has 0 atom stereocenters. The summed E-state index contributed by atoms with van der Waals surface area (Å²) in [6.45, 7) is 2.39. The van der Waals surface area contributed by atoms with Crippen LogP contribution in [0.25, 0.3) is 0 Å². The molecule has 2 rings (SSSR count). The van der Waals surface area contributed by atoms with Crippen LogP contribution in [0.3, 0.4) is 0 Å². The molecule has 0 bridgehead atoms. The van der Waals surface area contributed by atoms with Crippen molar-refractivity contribution in [3.8, 4) is 0 Å². The van der Waals surface area contributed by atoms with E-state index in [-0.39, 0.29) is 5.91 Å². The molecule has 1 heterocycles. The molecule has 2 N–H and O–H groups in total. The molecule has 0 saturated heterocycles. The molecule has 0 aliphatic heterocycles. The van der Waals surface area contributed by atoms with Gasteiger partial charge in [-0.25, -0.2) is 4.98 Å². The number of rotatable bonds is 3. The molecule has 19 heavy (non-hydrogen) atoms. The highest BCUT2D eigenvalue weighted by Crippen LogP contribution is 2.23. The van der Waals surface area contributed by atoms with E-state index in [0.717, 1.165) is 10.7 Å². The number of aromatic nitrogens is 1. The number of carbonyl (C=O) groups excluding carboxylic acids is 1. The summed E-state index contributed by atoms with van der Waals surface area (Å²) in [5.41, 5.74) is 7.43. The van der Waals surface area contributed by atoms with E-state index in [1.165, 1.54) is 0 Å². The van der Waals surface area contributed by atoms with E-state index < -0.39 is 0 Å². The van der Waals surface area contributed by atoms with E-state index in [1.807, 2.05) is 12.3 Å². The van der Waals surface area contributed by atoms with Crippen LogP contribution in [0.1, 0.15) is 21.1 Å². The van der Waals surface area contributed by atoms with E-state index in [2.05, 4.69) is 4.98 Å². The highest BCUT2D eigenvalue weighted by Gasteiger charge is 2.17. The molecule has 0 aliphatic rings. The summed E-state index contributed by atoms with van der Waals surface area (Å²) in [6.07, 6.45) is 0. The van der Waals surface area contributed by atoms with Gasteiger partial charge in [-0.05, 0) is 19.1 Å². The standard InChI is InChI=1S/C13H14ClN3OS/c1-8-16-9(7-19-8)6-17(2)13(18)10-4-3-5-11(14)12(10)15/h3-5,7H,6,15H2,1-2H3. The first-order valence-corrected chi connectivity index (χ1v) is 6.95. The predicted molar refractivity (Wildman–Crippen MR) is 78.5 cm³/mol. The SMILES string of the molecule is Cc1nc(CN(C)C(=O)c2cccc(Cl)c2N)cs1. The number of halogens is 1. The Labute approximate surface area is 120 Å². The minimum Gasteiger partial charge on any atom is -0.397 e. The highest BCUT2D eigenvalue weighted by molar-refractivity contribution is 7.09. The largest absolute Gasteiger partial charge is 0.397 e. The monoisotopic (exact) mass is 295 g/mol. The van der Waals surface area contributed by atoms with Gasteiger partial charge in [0.2, 0.25) is 0 Å². The minimum atomic E-state index is -0.161. The fourth-order valence-electron chi connectivity index (χ4n) is 1.72. The number of aryl methyl sites for hydroxylation is 1. The molecule has 0 aliphatic carbocycles. The Kier molecular flexibility index (Phi) is 4.07. The summed E-state index contributed by atoms with van der Waals surface area (Å²) in [7, 11) is 1.72. The van der Waals surface area contributed by atoms with Gasteiger partial charge in [0.1, 0.15) is 0 Å². The van der Waals surface area contributed by atoms with E-state index in [9.17, 15) is 4.79 Å². The first kappa shape index (κ1) is 13.8. The van der Waals surface area contributed by atoms with Crippen molar-refractivity contribution in [3.63, 3.8) is 0 Å². The van der Waals surface area contributed by atoms with Gasteiger partial charge in [-0.3, -0.25) is 4.79 Å². The number of anilines is 1. The maximum Gasteiger partial charge on any atom is 0.256 e. The topological polar surface area (TPSA) is 59.2 Å². The van der Waals surface area contributed by atoms with Gasteiger partial charge in [0.15, 0.2) is 0 Å². The lowest BCUT2D eigenvalue weighted by molar-refractivity contribution is 0.0784. The zero-order valence-electron chi connectivity index (χ0n) is 10.7. The number of nitrogens with two attached hydrogens (primary N) is 1. The number of hydrogen-bond donors (Lipinski definition) is 1. The summed E-state index contributed by atoms with van der Waals surface area (Å²) >= 11 is 7.48. The molecule has 4 nitrogen and oxygen atoms in total. The van der Waals surface area contributed by atoms with Crippen molar-refractivity contribution in [1.82, 2.24) is 9.88 Å². The highest BCUT2D eigenvalue weighted by atomic mass is 35.5. The van der Waals surface area contributed by atoms with Gasteiger partial charge in [0.05, 0.1) is 33.5 Å². The molecule has 6 heteroatoms. The van der Waals surface area contributed by atoms with Crippen molar-refractivity contribution in [1.29, 1.82) is 0 Å². The van der Waals surface area contributed by atoms with Crippen LogP contribution in [0.2, 0.25) is 5.02 Å². The number of nitrogens with zero attached hydrogens (tertiary/aromatic N) is 2. The predicted octanol–water partition coefficient (Wildman–Crippen LogP) is 2.96. The molecule has 1 aromatic carbocycles. The Hall–Kier alpha value is -1.59. The van der Waals surface area contributed by atoms with Crippen LogP contribution >= 0.6 is 22.9 Å². The summed E-state index contributed by atoms with van der Waals surface area (Å²) < 4.78 is 0.